The van der Waals surface area contributed by atoms with Crippen molar-refractivity contribution in [2.75, 3.05) is 0 Å². The molecule has 0 saturated carbocycles. The van der Waals surface area contributed by atoms with E-state index in [1.165, 1.54) is 6.20 Å². The average Bonchev–Trinajstić information content (AvgIpc) is 2.55. The molecule has 0 aliphatic rings. The number of fused-ring (bicyclic) bond motifs is 1. The molecule has 0 saturated heterocycles. The van der Waals surface area contributed by atoms with Gasteiger partial charge in [0.2, 0.25) is 0 Å². The van der Waals surface area contributed by atoms with Crippen LogP contribution in [0.5, 0.6) is 0 Å². The molecular formula is C10H9ClN2OS. The van der Waals surface area contributed by atoms with Gasteiger partial charge in [-0.05, 0) is 12.0 Å². The molecule has 2 rings (SSSR count). The standard InChI is InChI=1S/C10H9ClN2OS/c1-2-6-4-13(15)10-9(6)7(5-14)8(11)3-12-10/h3-5,15H,2H2,1H3. The molecule has 0 fully saturated rings. The molecule has 2 aromatic heterocycles. The molecular weight excluding hydrogens is 232 g/mol. The van der Waals surface area contributed by atoms with Crippen LogP contribution in [0, 0.1) is 0 Å². The first-order valence-corrected chi connectivity index (χ1v) is 5.29. The largest absolute Gasteiger partial charge is 0.298 e. The molecule has 0 unspecified atom stereocenters. The molecule has 3 nitrogen and oxygen atoms in total. The number of pyridine rings is 1. The van der Waals surface area contributed by atoms with E-state index in [-0.39, 0.29) is 0 Å². The van der Waals surface area contributed by atoms with E-state index in [1.807, 2.05) is 13.1 Å². The fraction of sp³-hybridized carbons (Fsp3) is 0.200. The van der Waals surface area contributed by atoms with Crippen molar-refractivity contribution in [1.82, 2.24) is 8.96 Å². The molecule has 0 N–H and O–H groups in total. The number of rotatable bonds is 2. The number of aldehydes is 1. The van der Waals surface area contributed by atoms with Gasteiger partial charge < -0.3 is 0 Å². The van der Waals surface area contributed by atoms with Crippen molar-refractivity contribution in [3.63, 3.8) is 0 Å². The van der Waals surface area contributed by atoms with Crippen LogP contribution in [-0.4, -0.2) is 15.2 Å². The van der Waals surface area contributed by atoms with Crippen molar-refractivity contribution in [3.05, 3.63) is 28.5 Å². The van der Waals surface area contributed by atoms with Gasteiger partial charge in [-0.3, -0.25) is 8.77 Å². The first kappa shape index (κ1) is 10.5. The topological polar surface area (TPSA) is 34.9 Å². The fourth-order valence-electron chi connectivity index (χ4n) is 1.64. The quantitative estimate of drug-likeness (QED) is 0.647. The van der Waals surface area contributed by atoms with Crippen LogP contribution in [0.1, 0.15) is 22.8 Å². The lowest BCUT2D eigenvalue weighted by molar-refractivity contribution is 0.112. The minimum atomic E-state index is 0.381. The van der Waals surface area contributed by atoms with Gasteiger partial charge in [-0.25, -0.2) is 4.98 Å². The Balaban J connectivity index is 2.94. The summed E-state index contributed by atoms with van der Waals surface area (Å²) < 4.78 is 1.61. The third-order valence-corrected chi connectivity index (χ3v) is 2.97. The molecule has 0 amide bonds. The summed E-state index contributed by atoms with van der Waals surface area (Å²) in [5.41, 5.74) is 2.19. The lowest BCUT2D eigenvalue weighted by atomic mass is 10.1. The maximum absolute atomic E-state index is 11.0. The van der Waals surface area contributed by atoms with E-state index in [2.05, 4.69) is 17.8 Å². The number of nitrogens with zero attached hydrogens (tertiary/aromatic N) is 2. The van der Waals surface area contributed by atoms with E-state index in [4.69, 9.17) is 11.6 Å². The number of aromatic nitrogens is 2. The first-order chi connectivity index (χ1) is 7.19. The fourth-order valence-corrected chi connectivity index (χ4v) is 2.12. The maximum atomic E-state index is 11.0. The van der Waals surface area contributed by atoms with Gasteiger partial charge in [-0.15, -0.1) is 0 Å². The predicted molar refractivity (Wildman–Crippen MR) is 63.9 cm³/mol. The number of hydrogen-bond donors (Lipinski definition) is 1. The number of hydrogen-bond acceptors (Lipinski definition) is 3. The zero-order valence-electron chi connectivity index (χ0n) is 8.07. The summed E-state index contributed by atoms with van der Waals surface area (Å²) in [5, 5.41) is 1.18. The van der Waals surface area contributed by atoms with Crippen LogP contribution in [-0.2, 0) is 6.42 Å². The number of aryl methyl sites for hydroxylation is 1. The van der Waals surface area contributed by atoms with E-state index in [1.54, 1.807) is 3.97 Å². The van der Waals surface area contributed by atoms with Crippen LogP contribution in [0.25, 0.3) is 11.0 Å². The molecule has 0 atom stereocenters. The zero-order chi connectivity index (χ0) is 11.0. The molecule has 78 valence electrons. The Bertz CT molecular complexity index is 536. The minimum Gasteiger partial charge on any atom is -0.298 e. The summed E-state index contributed by atoms with van der Waals surface area (Å²) >= 11 is 10.2. The lowest BCUT2D eigenvalue weighted by Crippen LogP contribution is -1.90. The van der Waals surface area contributed by atoms with Gasteiger partial charge in [0.05, 0.1) is 5.02 Å². The molecule has 2 aromatic rings. The summed E-state index contributed by atoms with van der Waals surface area (Å²) in [6.07, 6.45) is 4.90. The molecule has 0 spiro atoms. The van der Waals surface area contributed by atoms with Crippen LogP contribution >= 0.6 is 24.4 Å². The van der Waals surface area contributed by atoms with Gasteiger partial charge in [0.1, 0.15) is 0 Å². The highest BCUT2D eigenvalue weighted by Gasteiger charge is 2.13. The third-order valence-electron chi connectivity index (χ3n) is 2.37. The summed E-state index contributed by atoms with van der Waals surface area (Å²) in [5.74, 6) is 0. The van der Waals surface area contributed by atoms with E-state index >= 15 is 0 Å². The van der Waals surface area contributed by atoms with Gasteiger partial charge >= 0.3 is 0 Å². The van der Waals surface area contributed by atoms with Gasteiger partial charge in [-0.1, -0.05) is 31.3 Å². The Morgan fingerprint density at radius 1 is 1.67 bits per heavy atom. The number of carbonyl (C=O) groups excluding carboxylic acids is 1. The molecule has 0 aliphatic heterocycles. The molecule has 0 aliphatic carbocycles. The van der Waals surface area contributed by atoms with Gasteiger partial charge in [0.25, 0.3) is 0 Å². The Labute approximate surface area is 97.6 Å². The zero-order valence-corrected chi connectivity index (χ0v) is 9.72. The first-order valence-electron chi connectivity index (χ1n) is 4.51. The molecule has 2 heterocycles. The van der Waals surface area contributed by atoms with Crippen molar-refractivity contribution >= 4 is 41.7 Å². The van der Waals surface area contributed by atoms with E-state index in [0.29, 0.717) is 16.2 Å². The molecule has 0 aromatic carbocycles. The van der Waals surface area contributed by atoms with Gasteiger partial charge in [0.15, 0.2) is 11.9 Å². The number of carbonyl (C=O) groups is 1. The van der Waals surface area contributed by atoms with Crippen LogP contribution in [0.4, 0.5) is 0 Å². The second-order valence-corrected chi connectivity index (χ2v) is 4.03. The van der Waals surface area contributed by atoms with Crippen molar-refractivity contribution in [3.8, 4) is 0 Å². The Kier molecular flexibility index (Phi) is 2.71. The van der Waals surface area contributed by atoms with Crippen molar-refractivity contribution < 1.29 is 4.79 Å². The van der Waals surface area contributed by atoms with E-state index in [9.17, 15) is 4.79 Å². The van der Waals surface area contributed by atoms with Crippen molar-refractivity contribution in [2.45, 2.75) is 13.3 Å². The summed E-state index contributed by atoms with van der Waals surface area (Å²) in [6.45, 7) is 2.01. The molecule has 0 radical (unpaired) electrons. The van der Waals surface area contributed by atoms with Crippen molar-refractivity contribution in [2.24, 2.45) is 0 Å². The van der Waals surface area contributed by atoms with E-state index in [0.717, 1.165) is 23.7 Å². The smallest absolute Gasteiger partial charge is 0.152 e. The van der Waals surface area contributed by atoms with Crippen LogP contribution in [0.15, 0.2) is 12.4 Å². The Morgan fingerprint density at radius 3 is 3.00 bits per heavy atom. The van der Waals surface area contributed by atoms with Crippen molar-refractivity contribution in [1.29, 1.82) is 0 Å². The number of thiol groups is 1. The molecule has 0 bridgehead atoms. The summed E-state index contributed by atoms with van der Waals surface area (Å²) in [4.78, 5) is 15.1. The minimum absolute atomic E-state index is 0.381. The highest BCUT2D eigenvalue weighted by atomic mass is 35.5. The lowest BCUT2D eigenvalue weighted by Gasteiger charge is -2.00. The van der Waals surface area contributed by atoms with Crippen LogP contribution in [0.3, 0.4) is 0 Å². The molecule has 5 heteroatoms. The molecule has 15 heavy (non-hydrogen) atoms. The van der Waals surface area contributed by atoms with Gasteiger partial charge in [0, 0.05) is 23.3 Å². The second-order valence-electron chi connectivity index (χ2n) is 3.19. The van der Waals surface area contributed by atoms with Crippen LogP contribution < -0.4 is 0 Å². The van der Waals surface area contributed by atoms with Crippen LogP contribution in [0.2, 0.25) is 5.02 Å². The third kappa shape index (κ3) is 1.54. The highest BCUT2D eigenvalue weighted by Crippen LogP contribution is 2.28. The highest BCUT2D eigenvalue weighted by molar-refractivity contribution is 7.78. The number of halogens is 1. The SMILES string of the molecule is CCc1cn(S)c2ncc(Cl)c(C=O)c12. The van der Waals surface area contributed by atoms with Gasteiger partial charge in [-0.2, -0.15) is 0 Å². The maximum Gasteiger partial charge on any atom is 0.152 e. The Morgan fingerprint density at radius 2 is 2.40 bits per heavy atom. The average molecular weight is 241 g/mol. The monoisotopic (exact) mass is 240 g/mol. The normalized spacial score (nSPS) is 10.9. The summed E-state index contributed by atoms with van der Waals surface area (Å²) in [6, 6.07) is 0. The Hall–Kier alpha value is -1.00. The predicted octanol–water partition coefficient (Wildman–Crippen LogP) is 2.76. The van der Waals surface area contributed by atoms with E-state index < -0.39 is 0 Å². The second kappa shape index (κ2) is 3.87. The summed E-state index contributed by atoms with van der Waals surface area (Å²) in [7, 11) is 0.